The van der Waals surface area contributed by atoms with Gasteiger partial charge in [-0.2, -0.15) is 0 Å². The zero-order valence-electron chi connectivity index (χ0n) is 11.3. The van der Waals surface area contributed by atoms with Gasteiger partial charge >= 0.3 is 0 Å². The molecule has 1 nitrogen and oxygen atoms in total. The molecule has 2 rings (SSSR count). The van der Waals surface area contributed by atoms with Gasteiger partial charge in [-0.15, -0.1) is 11.8 Å². The molecule has 3 atom stereocenters. The lowest BCUT2D eigenvalue weighted by Crippen LogP contribution is -2.57. The van der Waals surface area contributed by atoms with Crippen LogP contribution in [0.15, 0.2) is 0 Å². The molecule has 0 aromatic carbocycles. The largest absolute Gasteiger partial charge is 0.303 e. The van der Waals surface area contributed by atoms with Crippen molar-refractivity contribution >= 4 is 11.8 Å². The summed E-state index contributed by atoms with van der Waals surface area (Å²) in [6, 6.07) is 0. The quantitative estimate of drug-likeness (QED) is 0.687. The van der Waals surface area contributed by atoms with E-state index in [0.29, 0.717) is 10.3 Å². The standard InChI is InChI=1S/C14H27NS/c1-11-8-10-15-14(16-11)9-6-5-7-12(14)13(2,3)4/h11-12,15H,5-10H2,1-4H3. The van der Waals surface area contributed by atoms with Crippen molar-refractivity contribution in [1.82, 2.24) is 5.32 Å². The second-order valence-corrected chi connectivity index (χ2v) is 8.47. The van der Waals surface area contributed by atoms with Crippen LogP contribution in [0.4, 0.5) is 0 Å². The Morgan fingerprint density at radius 2 is 1.94 bits per heavy atom. The monoisotopic (exact) mass is 241 g/mol. The zero-order chi connectivity index (χ0) is 11.8. The van der Waals surface area contributed by atoms with Crippen LogP contribution >= 0.6 is 11.8 Å². The van der Waals surface area contributed by atoms with Crippen LogP contribution in [-0.2, 0) is 0 Å². The molecule has 1 heterocycles. The highest BCUT2D eigenvalue weighted by atomic mass is 32.2. The van der Waals surface area contributed by atoms with Crippen molar-refractivity contribution in [1.29, 1.82) is 0 Å². The van der Waals surface area contributed by atoms with E-state index in [0.717, 1.165) is 11.2 Å². The van der Waals surface area contributed by atoms with Gasteiger partial charge in [-0.3, -0.25) is 0 Å². The van der Waals surface area contributed by atoms with Gasteiger partial charge in [0.05, 0.1) is 4.87 Å². The van der Waals surface area contributed by atoms with Crippen molar-refractivity contribution in [2.75, 3.05) is 6.54 Å². The first-order valence-electron chi connectivity index (χ1n) is 6.87. The summed E-state index contributed by atoms with van der Waals surface area (Å²) in [7, 11) is 0. The average Bonchev–Trinajstić information content (AvgIpc) is 2.16. The molecular weight excluding hydrogens is 214 g/mol. The molecule has 1 saturated carbocycles. The Hall–Kier alpha value is 0.310. The summed E-state index contributed by atoms with van der Waals surface area (Å²) in [6.45, 7) is 10.9. The molecule has 0 aromatic rings. The van der Waals surface area contributed by atoms with E-state index in [4.69, 9.17) is 0 Å². The molecule has 1 aliphatic heterocycles. The maximum Gasteiger partial charge on any atom is 0.0681 e. The maximum atomic E-state index is 3.88. The highest BCUT2D eigenvalue weighted by Gasteiger charge is 2.48. The lowest BCUT2D eigenvalue weighted by atomic mass is 9.69. The molecule has 2 heteroatoms. The number of nitrogens with one attached hydrogen (secondary N) is 1. The molecule has 16 heavy (non-hydrogen) atoms. The van der Waals surface area contributed by atoms with Gasteiger partial charge in [0.25, 0.3) is 0 Å². The van der Waals surface area contributed by atoms with Gasteiger partial charge in [0.1, 0.15) is 0 Å². The first-order valence-corrected chi connectivity index (χ1v) is 7.75. The van der Waals surface area contributed by atoms with Crippen molar-refractivity contribution in [3.63, 3.8) is 0 Å². The maximum absolute atomic E-state index is 3.88. The number of thioether (sulfide) groups is 1. The molecule has 1 N–H and O–H groups in total. The molecule has 1 aliphatic carbocycles. The van der Waals surface area contributed by atoms with Gasteiger partial charge in [0.2, 0.25) is 0 Å². The predicted octanol–water partition coefficient (Wildman–Crippen LogP) is 4.03. The molecule has 0 aromatic heterocycles. The minimum absolute atomic E-state index is 0.397. The summed E-state index contributed by atoms with van der Waals surface area (Å²) < 4.78 is 0. The zero-order valence-corrected chi connectivity index (χ0v) is 12.1. The Morgan fingerprint density at radius 3 is 2.56 bits per heavy atom. The van der Waals surface area contributed by atoms with Gasteiger partial charge in [-0.25, -0.2) is 0 Å². The van der Waals surface area contributed by atoms with E-state index in [1.807, 2.05) is 0 Å². The third kappa shape index (κ3) is 2.43. The van der Waals surface area contributed by atoms with E-state index in [1.165, 1.54) is 38.6 Å². The highest BCUT2D eigenvalue weighted by Crippen LogP contribution is 2.52. The minimum atomic E-state index is 0.397. The van der Waals surface area contributed by atoms with Crippen LogP contribution in [-0.4, -0.2) is 16.7 Å². The lowest BCUT2D eigenvalue weighted by molar-refractivity contribution is 0.107. The fourth-order valence-electron chi connectivity index (χ4n) is 3.58. The Bertz CT molecular complexity index is 242. The smallest absolute Gasteiger partial charge is 0.0681 e. The summed E-state index contributed by atoms with van der Waals surface area (Å²) in [5.74, 6) is 0.835. The molecule has 0 amide bonds. The van der Waals surface area contributed by atoms with Crippen LogP contribution in [0.1, 0.15) is 59.8 Å². The number of hydrogen-bond acceptors (Lipinski definition) is 2. The summed E-state index contributed by atoms with van der Waals surface area (Å²) in [5.41, 5.74) is 0.442. The van der Waals surface area contributed by atoms with Gasteiger partial charge in [0, 0.05) is 5.25 Å². The first kappa shape index (κ1) is 12.8. The van der Waals surface area contributed by atoms with Crippen LogP contribution < -0.4 is 5.32 Å². The molecule has 3 unspecified atom stereocenters. The fourth-order valence-corrected chi connectivity index (χ4v) is 5.61. The van der Waals surface area contributed by atoms with Crippen LogP contribution in [0, 0.1) is 11.3 Å². The Kier molecular flexibility index (Phi) is 3.61. The van der Waals surface area contributed by atoms with E-state index in [9.17, 15) is 0 Å². The summed E-state index contributed by atoms with van der Waals surface area (Å²) in [5, 5.41) is 4.72. The van der Waals surface area contributed by atoms with E-state index in [1.54, 1.807) is 0 Å². The Balaban J connectivity index is 2.20. The van der Waals surface area contributed by atoms with Gasteiger partial charge in [-0.1, -0.05) is 40.5 Å². The fraction of sp³-hybridized carbons (Fsp3) is 1.00. The first-order chi connectivity index (χ1) is 7.44. The summed E-state index contributed by atoms with van der Waals surface area (Å²) in [6.07, 6.45) is 6.98. The Morgan fingerprint density at radius 1 is 1.19 bits per heavy atom. The van der Waals surface area contributed by atoms with Crippen molar-refractivity contribution in [3.05, 3.63) is 0 Å². The normalized spacial score (nSPS) is 41.2. The summed E-state index contributed by atoms with van der Waals surface area (Å²) >= 11 is 2.23. The molecule has 0 radical (unpaired) electrons. The highest BCUT2D eigenvalue weighted by molar-refractivity contribution is 8.01. The molecule has 1 saturated heterocycles. The third-order valence-corrected chi connectivity index (χ3v) is 5.98. The second kappa shape index (κ2) is 4.53. The number of rotatable bonds is 0. The Labute approximate surface area is 105 Å². The molecule has 2 fully saturated rings. The topological polar surface area (TPSA) is 12.0 Å². The third-order valence-electron chi connectivity index (χ3n) is 4.29. The SMILES string of the molecule is CC1CCNC2(CCCCC2C(C)(C)C)S1. The molecular formula is C14H27NS. The van der Waals surface area contributed by atoms with Crippen molar-refractivity contribution in [2.24, 2.45) is 11.3 Å². The molecule has 94 valence electrons. The number of hydrogen-bond donors (Lipinski definition) is 1. The van der Waals surface area contributed by atoms with E-state index < -0.39 is 0 Å². The van der Waals surface area contributed by atoms with Gasteiger partial charge in [0.15, 0.2) is 0 Å². The van der Waals surface area contributed by atoms with E-state index >= 15 is 0 Å². The minimum Gasteiger partial charge on any atom is -0.303 e. The van der Waals surface area contributed by atoms with Crippen molar-refractivity contribution in [2.45, 2.75) is 69.9 Å². The van der Waals surface area contributed by atoms with Crippen LogP contribution in [0.5, 0.6) is 0 Å². The summed E-state index contributed by atoms with van der Waals surface area (Å²) in [4.78, 5) is 0.397. The molecule has 0 bridgehead atoms. The van der Waals surface area contributed by atoms with Crippen molar-refractivity contribution in [3.8, 4) is 0 Å². The van der Waals surface area contributed by atoms with E-state index in [2.05, 4.69) is 44.8 Å². The van der Waals surface area contributed by atoms with Crippen LogP contribution in [0.25, 0.3) is 0 Å². The van der Waals surface area contributed by atoms with Crippen molar-refractivity contribution < 1.29 is 0 Å². The average molecular weight is 241 g/mol. The molecule has 1 spiro atoms. The molecule has 2 aliphatic rings. The van der Waals surface area contributed by atoms with Gasteiger partial charge < -0.3 is 5.32 Å². The van der Waals surface area contributed by atoms with Gasteiger partial charge in [-0.05, 0) is 37.1 Å². The van der Waals surface area contributed by atoms with Crippen LogP contribution in [0.2, 0.25) is 0 Å². The van der Waals surface area contributed by atoms with Crippen LogP contribution in [0.3, 0.4) is 0 Å². The predicted molar refractivity (Wildman–Crippen MR) is 73.8 cm³/mol. The lowest BCUT2D eigenvalue weighted by Gasteiger charge is -2.53. The van der Waals surface area contributed by atoms with E-state index in [-0.39, 0.29) is 0 Å². The second-order valence-electron chi connectivity index (χ2n) is 6.70.